The number of urea groups is 1. The summed E-state index contributed by atoms with van der Waals surface area (Å²) in [6, 6.07) is 8.65. The highest BCUT2D eigenvalue weighted by atomic mass is 32.1. The van der Waals surface area contributed by atoms with Crippen LogP contribution in [-0.4, -0.2) is 22.7 Å². The molecule has 3 N–H and O–H groups in total. The number of carbonyl (C=O) groups excluding carboxylic acids is 1. The molecule has 0 spiro atoms. The minimum absolute atomic E-state index is 0.0144. The van der Waals surface area contributed by atoms with Crippen molar-refractivity contribution in [3.8, 4) is 0 Å². The zero-order valence-corrected chi connectivity index (χ0v) is 14.5. The van der Waals surface area contributed by atoms with Crippen molar-refractivity contribution in [2.45, 2.75) is 38.8 Å². The first-order valence-corrected chi connectivity index (χ1v) is 8.43. The summed E-state index contributed by atoms with van der Waals surface area (Å²) in [6.07, 6.45) is 0. The Hall–Kier alpha value is -1.92. The lowest BCUT2D eigenvalue weighted by atomic mass is 9.98. The van der Waals surface area contributed by atoms with Gasteiger partial charge in [-0.2, -0.15) is 0 Å². The average Bonchev–Trinajstić information content (AvgIpc) is 3.00. The van der Waals surface area contributed by atoms with Crippen LogP contribution in [-0.2, 0) is 12.0 Å². The molecule has 1 heterocycles. The minimum Gasteiger partial charge on any atom is -0.394 e. The van der Waals surface area contributed by atoms with Gasteiger partial charge in [-0.3, -0.25) is 0 Å². The van der Waals surface area contributed by atoms with Gasteiger partial charge < -0.3 is 15.7 Å². The fourth-order valence-electron chi connectivity index (χ4n) is 2.03. The molecule has 0 bridgehead atoms. The Kier molecular flexibility index (Phi) is 5.74. The number of carbonyl (C=O) groups is 1. The van der Waals surface area contributed by atoms with E-state index in [2.05, 4.69) is 36.4 Å². The summed E-state index contributed by atoms with van der Waals surface area (Å²) in [5.41, 5.74) is 1.73. The van der Waals surface area contributed by atoms with Gasteiger partial charge in [0.1, 0.15) is 0 Å². The van der Waals surface area contributed by atoms with Crippen LogP contribution < -0.4 is 10.6 Å². The number of hydrogen-bond donors (Lipinski definition) is 3. The van der Waals surface area contributed by atoms with Crippen LogP contribution in [0.25, 0.3) is 0 Å². The van der Waals surface area contributed by atoms with Crippen LogP contribution in [0.1, 0.15) is 43.1 Å². The van der Waals surface area contributed by atoms with E-state index >= 15 is 0 Å². The molecular weight excluding hydrogens is 310 g/mol. The third-order valence-electron chi connectivity index (χ3n) is 3.31. The van der Waals surface area contributed by atoms with E-state index in [-0.39, 0.29) is 18.1 Å². The van der Waals surface area contributed by atoms with Crippen LogP contribution in [0.4, 0.5) is 4.79 Å². The van der Waals surface area contributed by atoms with Crippen molar-refractivity contribution in [3.05, 3.63) is 52.0 Å². The van der Waals surface area contributed by atoms with Crippen molar-refractivity contribution >= 4 is 17.4 Å². The Balaban J connectivity index is 1.88. The molecule has 1 aromatic carbocycles. The van der Waals surface area contributed by atoms with Crippen LogP contribution in [0.5, 0.6) is 0 Å². The second kappa shape index (κ2) is 7.57. The molecule has 124 valence electrons. The summed E-state index contributed by atoms with van der Waals surface area (Å²) >= 11 is 1.60. The van der Waals surface area contributed by atoms with E-state index in [1.54, 1.807) is 11.3 Å². The minimum atomic E-state index is -0.420. The number of aliphatic hydroxyl groups excluding tert-OH is 1. The van der Waals surface area contributed by atoms with E-state index < -0.39 is 6.04 Å². The van der Waals surface area contributed by atoms with Gasteiger partial charge in [-0.15, -0.1) is 11.3 Å². The Labute approximate surface area is 140 Å². The van der Waals surface area contributed by atoms with Crippen LogP contribution in [0.15, 0.2) is 35.7 Å². The summed E-state index contributed by atoms with van der Waals surface area (Å²) in [7, 11) is 0. The molecule has 0 aliphatic rings. The normalized spacial score (nSPS) is 12.7. The highest BCUT2D eigenvalue weighted by Gasteiger charge is 2.18. The number of rotatable bonds is 5. The lowest BCUT2D eigenvalue weighted by Gasteiger charge is -2.17. The van der Waals surface area contributed by atoms with Crippen LogP contribution >= 0.6 is 11.3 Å². The van der Waals surface area contributed by atoms with Gasteiger partial charge in [0.05, 0.1) is 29.9 Å². The number of thiazole rings is 1. The Morgan fingerprint density at radius 2 is 2.00 bits per heavy atom. The summed E-state index contributed by atoms with van der Waals surface area (Å²) in [5, 5.41) is 18.0. The highest BCUT2D eigenvalue weighted by Crippen LogP contribution is 2.25. The van der Waals surface area contributed by atoms with E-state index in [1.807, 2.05) is 35.7 Å². The third kappa shape index (κ3) is 5.04. The number of nitrogens with zero attached hydrogens (tertiary/aromatic N) is 1. The molecule has 2 amide bonds. The molecule has 1 atom stereocenters. The van der Waals surface area contributed by atoms with Crippen LogP contribution in [0.3, 0.4) is 0 Å². The predicted molar refractivity (Wildman–Crippen MR) is 92.5 cm³/mol. The zero-order valence-electron chi connectivity index (χ0n) is 13.7. The molecule has 1 unspecified atom stereocenters. The van der Waals surface area contributed by atoms with Crippen molar-refractivity contribution in [2.24, 2.45) is 0 Å². The fourth-order valence-corrected chi connectivity index (χ4v) is 2.94. The monoisotopic (exact) mass is 333 g/mol. The first-order chi connectivity index (χ1) is 10.9. The molecule has 5 nitrogen and oxygen atoms in total. The first kappa shape index (κ1) is 17.4. The van der Waals surface area contributed by atoms with Gasteiger partial charge in [-0.05, 0) is 5.56 Å². The zero-order chi connectivity index (χ0) is 16.9. The van der Waals surface area contributed by atoms with Crippen LogP contribution in [0.2, 0.25) is 0 Å². The molecule has 23 heavy (non-hydrogen) atoms. The predicted octanol–water partition coefficient (Wildman–Crippen LogP) is 2.97. The van der Waals surface area contributed by atoms with E-state index in [0.717, 1.165) is 16.3 Å². The summed E-state index contributed by atoms with van der Waals surface area (Å²) in [5.74, 6) is 0. The summed E-state index contributed by atoms with van der Waals surface area (Å²) in [4.78, 5) is 16.5. The molecule has 0 fully saturated rings. The van der Waals surface area contributed by atoms with Crippen molar-refractivity contribution in [1.29, 1.82) is 0 Å². The molecule has 0 aliphatic heterocycles. The number of aromatic nitrogens is 1. The quantitative estimate of drug-likeness (QED) is 0.787. The second-order valence-corrected chi connectivity index (χ2v) is 7.22. The summed E-state index contributed by atoms with van der Waals surface area (Å²) < 4.78 is 0. The van der Waals surface area contributed by atoms with Gasteiger partial charge >= 0.3 is 6.03 Å². The molecule has 0 aliphatic carbocycles. The molecule has 0 saturated heterocycles. The molecule has 0 radical (unpaired) electrons. The number of hydrogen-bond acceptors (Lipinski definition) is 4. The molecule has 1 aromatic heterocycles. The lowest BCUT2D eigenvalue weighted by Crippen LogP contribution is -2.38. The van der Waals surface area contributed by atoms with Gasteiger partial charge in [0.25, 0.3) is 0 Å². The fraction of sp³-hybridized carbons (Fsp3) is 0.412. The van der Waals surface area contributed by atoms with Gasteiger partial charge in [-0.25, -0.2) is 9.78 Å². The maximum Gasteiger partial charge on any atom is 0.315 e. The largest absolute Gasteiger partial charge is 0.394 e. The van der Waals surface area contributed by atoms with E-state index in [9.17, 15) is 9.90 Å². The van der Waals surface area contributed by atoms with Crippen molar-refractivity contribution < 1.29 is 9.90 Å². The Morgan fingerprint density at radius 1 is 1.30 bits per heavy atom. The van der Waals surface area contributed by atoms with Crippen molar-refractivity contribution in [3.63, 3.8) is 0 Å². The number of amides is 2. The Bertz CT molecular complexity index is 635. The number of nitrogens with one attached hydrogen (secondary N) is 2. The van der Waals surface area contributed by atoms with Gasteiger partial charge in [-0.1, -0.05) is 51.1 Å². The van der Waals surface area contributed by atoms with Gasteiger partial charge in [0.2, 0.25) is 0 Å². The first-order valence-electron chi connectivity index (χ1n) is 7.55. The molecular formula is C17H23N3O2S. The molecule has 6 heteroatoms. The van der Waals surface area contributed by atoms with E-state index in [4.69, 9.17) is 0 Å². The van der Waals surface area contributed by atoms with Gasteiger partial charge in [0.15, 0.2) is 0 Å². The average molecular weight is 333 g/mol. The van der Waals surface area contributed by atoms with E-state index in [1.165, 1.54) is 0 Å². The smallest absolute Gasteiger partial charge is 0.315 e. The third-order valence-corrected chi connectivity index (χ3v) is 4.63. The van der Waals surface area contributed by atoms with Gasteiger partial charge in [0, 0.05) is 10.8 Å². The maximum atomic E-state index is 12.0. The summed E-state index contributed by atoms with van der Waals surface area (Å²) in [6.45, 7) is 6.55. The van der Waals surface area contributed by atoms with Crippen molar-refractivity contribution in [2.75, 3.05) is 6.61 Å². The highest BCUT2D eigenvalue weighted by molar-refractivity contribution is 7.09. The van der Waals surface area contributed by atoms with Crippen molar-refractivity contribution in [1.82, 2.24) is 15.6 Å². The maximum absolute atomic E-state index is 12.0. The topological polar surface area (TPSA) is 74.2 Å². The second-order valence-electron chi connectivity index (χ2n) is 6.37. The molecule has 2 aromatic rings. The Morgan fingerprint density at radius 3 is 2.57 bits per heavy atom. The lowest BCUT2D eigenvalue weighted by molar-refractivity contribution is 0.216. The SMILES string of the molecule is CC(C)(C)c1nc(CNC(=O)NC(CO)c2ccccc2)cs1. The number of benzene rings is 1. The van der Waals surface area contributed by atoms with Crippen LogP contribution in [0, 0.1) is 0 Å². The molecule has 2 rings (SSSR count). The molecule has 0 saturated carbocycles. The number of aliphatic hydroxyl groups is 1. The standard InChI is InChI=1S/C17H23N3O2S/c1-17(2,3)15-19-13(11-23-15)9-18-16(22)20-14(10-21)12-7-5-4-6-8-12/h4-8,11,14,21H,9-10H2,1-3H3,(H2,18,20,22). The van der Waals surface area contributed by atoms with E-state index in [0.29, 0.717) is 6.54 Å².